The SMILES string of the molecule is Cc1ccccc1CCCC(=O)Nc1ccc(C#CC#Cc2ccc(C(=O)N[C@@H](CN)C(=O)CO)cc2)cc1. The Hall–Kier alpha value is -4.69. The van der Waals surface area contributed by atoms with Crippen molar-refractivity contribution in [3.05, 3.63) is 101 Å². The van der Waals surface area contributed by atoms with Gasteiger partial charge in [-0.1, -0.05) is 36.1 Å². The maximum Gasteiger partial charge on any atom is 0.251 e. The molecule has 0 aliphatic heterocycles. The third-order valence-corrected chi connectivity index (χ3v) is 5.99. The largest absolute Gasteiger partial charge is 0.388 e. The minimum Gasteiger partial charge on any atom is -0.388 e. The number of hydrogen-bond donors (Lipinski definition) is 4. The second-order valence-electron chi connectivity index (χ2n) is 8.87. The normalized spacial score (nSPS) is 10.7. The summed E-state index contributed by atoms with van der Waals surface area (Å²) in [6.07, 6.45) is 2.11. The molecule has 0 heterocycles. The number of rotatable bonds is 10. The fourth-order valence-electron chi connectivity index (χ4n) is 3.72. The highest BCUT2D eigenvalue weighted by Gasteiger charge is 2.18. The molecule has 0 aliphatic carbocycles. The summed E-state index contributed by atoms with van der Waals surface area (Å²) in [5.74, 6) is 10.4. The van der Waals surface area contributed by atoms with Crippen LogP contribution in [0.1, 0.15) is 45.5 Å². The summed E-state index contributed by atoms with van der Waals surface area (Å²) in [4.78, 5) is 36.1. The van der Waals surface area contributed by atoms with Gasteiger partial charge in [-0.15, -0.1) is 0 Å². The highest BCUT2D eigenvalue weighted by atomic mass is 16.3. The van der Waals surface area contributed by atoms with Gasteiger partial charge in [0.25, 0.3) is 5.91 Å². The predicted molar refractivity (Wildman–Crippen MR) is 152 cm³/mol. The minimum atomic E-state index is -0.933. The van der Waals surface area contributed by atoms with Crippen molar-refractivity contribution in [3.8, 4) is 23.7 Å². The molecule has 0 saturated heterocycles. The number of benzene rings is 3. The number of anilines is 1. The van der Waals surface area contributed by atoms with Crippen LogP contribution in [-0.4, -0.2) is 41.9 Å². The molecule has 0 saturated carbocycles. The first-order valence-electron chi connectivity index (χ1n) is 12.6. The predicted octanol–water partition coefficient (Wildman–Crippen LogP) is 2.98. The van der Waals surface area contributed by atoms with Crippen molar-refractivity contribution in [1.29, 1.82) is 0 Å². The standard InChI is InChI=1S/C32H31N3O4/c1-23-7-2-5-10-26(23)11-6-12-31(38)34-28-19-15-25(16-20-28)9-4-3-8-24-13-17-27(18-14-24)32(39)35-29(21-33)30(37)22-36/h2,5,7,10,13-20,29,36H,6,11-12,21-22,33H2,1H3,(H,34,38)(H,35,39)/t29-/m0/s1. The number of nitrogens with one attached hydrogen (secondary N) is 2. The third kappa shape index (κ3) is 9.28. The lowest BCUT2D eigenvalue weighted by atomic mass is 10.0. The Morgan fingerprint density at radius 2 is 1.51 bits per heavy atom. The fourth-order valence-corrected chi connectivity index (χ4v) is 3.72. The average Bonchev–Trinajstić information content (AvgIpc) is 2.95. The molecule has 7 heteroatoms. The number of hydrogen-bond acceptors (Lipinski definition) is 5. The quantitative estimate of drug-likeness (QED) is 0.306. The molecule has 5 N–H and O–H groups in total. The summed E-state index contributed by atoms with van der Waals surface area (Å²) in [5, 5.41) is 14.4. The Morgan fingerprint density at radius 1 is 0.897 bits per heavy atom. The monoisotopic (exact) mass is 521 g/mol. The van der Waals surface area contributed by atoms with Gasteiger partial charge in [0, 0.05) is 35.3 Å². The molecule has 0 radical (unpaired) electrons. The molecule has 7 nitrogen and oxygen atoms in total. The number of carbonyl (C=O) groups is 3. The molecular formula is C32H31N3O4. The summed E-state index contributed by atoms with van der Waals surface area (Å²) in [5.41, 5.74) is 10.5. The van der Waals surface area contributed by atoms with Crippen molar-refractivity contribution in [3.63, 3.8) is 0 Å². The van der Waals surface area contributed by atoms with E-state index in [-0.39, 0.29) is 12.5 Å². The first-order chi connectivity index (χ1) is 18.9. The smallest absolute Gasteiger partial charge is 0.251 e. The minimum absolute atomic E-state index is 0.0189. The lowest BCUT2D eigenvalue weighted by Gasteiger charge is -2.14. The maximum absolute atomic E-state index is 12.3. The van der Waals surface area contributed by atoms with Crippen LogP contribution in [0.4, 0.5) is 5.69 Å². The van der Waals surface area contributed by atoms with Gasteiger partial charge in [0.05, 0.1) is 0 Å². The van der Waals surface area contributed by atoms with Crippen molar-refractivity contribution >= 4 is 23.3 Å². The highest BCUT2D eigenvalue weighted by molar-refractivity contribution is 5.98. The van der Waals surface area contributed by atoms with Crippen LogP contribution in [0.25, 0.3) is 0 Å². The molecule has 0 spiro atoms. The van der Waals surface area contributed by atoms with E-state index in [1.165, 1.54) is 11.1 Å². The van der Waals surface area contributed by atoms with E-state index < -0.39 is 24.3 Å². The molecule has 0 aliphatic rings. The molecule has 0 aromatic heterocycles. The van der Waals surface area contributed by atoms with Crippen LogP contribution in [0, 0.1) is 30.6 Å². The maximum atomic E-state index is 12.3. The number of Topliss-reactive ketones (excluding diaryl/α,β-unsaturated/α-hetero) is 1. The number of nitrogens with two attached hydrogens (primary N) is 1. The first-order valence-corrected chi connectivity index (χ1v) is 12.6. The van der Waals surface area contributed by atoms with Crippen LogP contribution in [0.5, 0.6) is 0 Å². The molecular weight excluding hydrogens is 490 g/mol. The van der Waals surface area contributed by atoms with Crippen LogP contribution in [0.3, 0.4) is 0 Å². The molecule has 1 atom stereocenters. The molecule has 3 aromatic carbocycles. The van der Waals surface area contributed by atoms with Crippen LogP contribution >= 0.6 is 0 Å². The van der Waals surface area contributed by atoms with Gasteiger partial charge >= 0.3 is 0 Å². The van der Waals surface area contributed by atoms with Crippen LogP contribution in [-0.2, 0) is 16.0 Å². The Balaban J connectivity index is 1.47. The molecule has 0 fully saturated rings. The molecule has 0 unspecified atom stereocenters. The van der Waals surface area contributed by atoms with Crippen molar-refractivity contribution in [2.24, 2.45) is 5.73 Å². The summed E-state index contributed by atoms with van der Waals surface area (Å²) in [6, 6.07) is 21.1. The highest BCUT2D eigenvalue weighted by Crippen LogP contribution is 2.13. The molecule has 39 heavy (non-hydrogen) atoms. The number of aryl methyl sites for hydroxylation is 2. The summed E-state index contributed by atoms with van der Waals surface area (Å²) < 4.78 is 0. The van der Waals surface area contributed by atoms with Gasteiger partial charge in [-0.2, -0.15) is 0 Å². The lowest BCUT2D eigenvalue weighted by Crippen LogP contribution is -2.46. The van der Waals surface area contributed by atoms with Crippen molar-refractivity contribution in [1.82, 2.24) is 5.32 Å². The molecule has 3 aromatic rings. The Labute approximate surface area is 228 Å². The van der Waals surface area contributed by atoms with Crippen molar-refractivity contribution in [2.45, 2.75) is 32.2 Å². The second kappa shape index (κ2) is 14.9. The lowest BCUT2D eigenvalue weighted by molar-refractivity contribution is -0.123. The van der Waals surface area contributed by atoms with Gasteiger partial charge in [-0.25, -0.2) is 0 Å². The zero-order valence-electron chi connectivity index (χ0n) is 21.8. The fraction of sp³-hybridized carbons (Fsp3) is 0.219. The average molecular weight is 522 g/mol. The molecule has 0 bridgehead atoms. The van der Waals surface area contributed by atoms with Gasteiger partial charge in [-0.3, -0.25) is 14.4 Å². The summed E-state index contributed by atoms with van der Waals surface area (Å²) >= 11 is 0. The van der Waals surface area contributed by atoms with Crippen LogP contribution in [0.15, 0.2) is 72.8 Å². The zero-order valence-corrected chi connectivity index (χ0v) is 21.8. The number of aliphatic hydroxyl groups is 1. The summed E-state index contributed by atoms with van der Waals surface area (Å²) in [7, 11) is 0. The van der Waals surface area contributed by atoms with Gasteiger partial charge in [0.15, 0.2) is 5.78 Å². The van der Waals surface area contributed by atoms with E-state index in [9.17, 15) is 14.4 Å². The third-order valence-electron chi connectivity index (χ3n) is 5.99. The van der Waals surface area contributed by atoms with E-state index in [4.69, 9.17) is 10.8 Å². The van der Waals surface area contributed by atoms with E-state index in [2.05, 4.69) is 53.4 Å². The number of carbonyl (C=O) groups excluding carboxylic acids is 3. The Kier molecular flexibility index (Phi) is 11.0. The number of aliphatic hydroxyl groups excluding tert-OH is 1. The van der Waals surface area contributed by atoms with E-state index >= 15 is 0 Å². The summed E-state index contributed by atoms with van der Waals surface area (Å²) in [6.45, 7) is 1.30. The van der Waals surface area contributed by atoms with Gasteiger partial charge in [-0.05, 0) is 91.3 Å². The van der Waals surface area contributed by atoms with E-state index in [1.54, 1.807) is 24.3 Å². The molecule has 2 amide bonds. The van der Waals surface area contributed by atoms with Crippen LogP contribution in [0.2, 0.25) is 0 Å². The zero-order chi connectivity index (χ0) is 28.0. The topological polar surface area (TPSA) is 122 Å². The van der Waals surface area contributed by atoms with Crippen LogP contribution < -0.4 is 16.4 Å². The number of amides is 2. The molecule has 3 rings (SSSR count). The first kappa shape index (κ1) is 28.9. The van der Waals surface area contributed by atoms with Crippen molar-refractivity contribution < 1.29 is 19.5 Å². The number of ketones is 1. The Bertz CT molecular complexity index is 1420. The Morgan fingerprint density at radius 3 is 2.10 bits per heavy atom. The van der Waals surface area contributed by atoms with Crippen molar-refractivity contribution in [2.75, 3.05) is 18.5 Å². The molecule has 198 valence electrons. The van der Waals surface area contributed by atoms with Gasteiger partial charge in [0.2, 0.25) is 5.91 Å². The van der Waals surface area contributed by atoms with Gasteiger partial charge < -0.3 is 21.5 Å². The van der Waals surface area contributed by atoms with E-state index in [1.807, 2.05) is 36.4 Å². The second-order valence-corrected chi connectivity index (χ2v) is 8.87. The van der Waals surface area contributed by atoms with Gasteiger partial charge in [0.1, 0.15) is 12.6 Å². The van der Waals surface area contributed by atoms with E-state index in [0.717, 1.165) is 24.1 Å². The van der Waals surface area contributed by atoms with E-state index in [0.29, 0.717) is 17.5 Å².